The van der Waals surface area contributed by atoms with Gasteiger partial charge in [0.25, 0.3) is 0 Å². The van der Waals surface area contributed by atoms with E-state index in [4.69, 9.17) is 4.74 Å². The molecule has 2 N–H and O–H groups in total. The fraction of sp³-hybridized carbons (Fsp3) is 1.00. The average molecular weight is 256 g/mol. The number of hydrogen-bond acceptors (Lipinski definition) is 4. The van der Waals surface area contributed by atoms with E-state index < -0.39 is 0 Å². The summed E-state index contributed by atoms with van der Waals surface area (Å²) in [6, 6.07) is 0.619. The summed E-state index contributed by atoms with van der Waals surface area (Å²) >= 11 is 0. The highest BCUT2D eigenvalue weighted by molar-refractivity contribution is 4.96. The van der Waals surface area contributed by atoms with Crippen LogP contribution in [0.4, 0.5) is 0 Å². The largest absolute Gasteiger partial charge is 0.394 e. The molecule has 1 heterocycles. The zero-order chi connectivity index (χ0) is 13.4. The molecule has 1 saturated carbocycles. The molecular weight excluding hydrogens is 228 g/mol. The van der Waals surface area contributed by atoms with Gasteiger partial charge in [-0.1, -0.05) is 0 Å². The molecule has 4 heteroatoms. The molecule has 2 atom stereocenters. The van der Waals surface area contributed by atoms with Gasteiger partial charge in [0.2, 0.25) is 0 Å². The zero-order valence-corrected chi connectivity index (χ0v) is 12.2. The highest BCUT2D eigenvalue weighted by Gasteiger charge is 2.37. The minimum atomic E-state index is -0.186. The molecule has 4 nitrogen and oxygen atoms in total. The summed E-state index contributed by atoms with van der Waals surface area (Å²) in [6.45, 7) is 11.5. The fourth-order valence-electron chi connectivity index (χ4n) is 3.06. The number of nitrogens with one attached hydrogen (secondary N) is 1. The zero-order valence-electron chi connectivity index (χ0n) is 12.2. The Kier molecular flexibility index (Phi) is 4.02. The highest BCUT2D eigenvalue weighted by atomic mass is 16.5. The predicted octanol–water partition coefficient (Wildman–Crippen LogP) is 0.989. The third-order valence-corrected chi connectivity index (χ3v) is 3.69. The summed E-state index contributed by atoms with van der Waals surface area (Å²) in [6.07, 6.45) is 2.76. The maximum Gasteiger partial charge on any atom is 0.0757 e. The van der Waals surface area contributed by atoms with Crippen LogP contribution in [-0.2, 0) is 4.74 Å². The summed E-state index contributed by atoms with van der Waals surface area (Å²) < 4.78 is 5.92. The Balaban J connectivity index is 1.93. The van der Waals surface area contributed by atoms with Crippen LogP contribution in [0.25, 0.3) is 0 Å². The third-order valence-electron chi connectivity index (χ3n) is 3.69. The topological polar surface area (TPSA) is 44.7 Å². The molecule has 0 aromatic carbocycles. The first-order chi connectivity index (χ1) is 8.32. The van der Waals surface area contributed by atoms with Crippen molar-refractivity contribution in [2.24, 2.45) is 0 Å². The van der Waals surface area contributed by atoms with E-state index in [0.29, 0.717) is 6.04 Å². The molecule has 1 aliphatic heterocycles. The Morgan fingerprint density at radius 1 is 1.44 bits per heavy atom. The van der Waals surface area contributed by atoms with Crippen LogP contribution < -0.4 is 5.32 Å². The van der Waals surface area contributed by atoms with Gasteiger partial charge in [-0.2, -0.15) is 0 Å². The Morgan fingerprint density at radius 2 is 2.11 bits per heavy atom. The highest BCUT2D eigenvalue weighted by Crippen LogP contribution is 2.25. The molecule has 0 amide bonds. The Morgan fingerprint density at radius 3 is 2.61 bits per heavy atom. The van der Waals surface area contributed by atoms with Gasteiger partial charge in [-0.15, -0.1) is 0 Å². The maximum absolute atomic E-state index is 9.67. The van der Waals surface area contributed by atoms with Crippen molar-refractivity contribution in [1.29, 1.82) is 0 Å². The monoisotopic (exact) mass is 256 g/mol. The maximum atomic E-state index is 9.67. The first-order valence-electron chi connectivity index (χ1n) is 7.11. The SMILES string of the molecule is CC1CN(CC(C)(CO)NC2CC2)CC(C)(C)O1. The van der Waals surface area contributed by atoms with E-state index in [9.17, 15) is 5.11 Å². The lowest BCUT2D eigenvalue weighted by molar-refractivity contribution is -0.133. The van der Waals surface area contributed by atoms with Crippen molar-refractivity contribution >= 4 is 0 Å². The van der Waals surface area contributed by atoms with Gasteiger partial charge in [0.1, 0.15) is 0 Å². The van der Waals surface area contributed by atoms with Crippen molar-refractivity contribution < 1.29 is 9.84 Å². The summed E-state index contributed by atoms with van der Waals surface area (Å²) in [4.78, 5) is 2.42. The molecule has 0 radical (unpaired) electrons. The van der Waals surface area contributed by atoms with Gasteiger partial charge in [-0.05, 0) is 40.5 Å². The molecule has 18 heavy (non-hydrogen) atoms. The third kappa shape index (κ3) is 3.92. The van der Waals surface area contributed by atoms with Gasteiger partial charge in [-0.3, -0.25) is 4.90 Å². The van der Waals surface area contributed by atoms with Crippen molar-refractivity contribution in [3.8, 4) is 0 Å². The number of aliphatic hydroxyl groups excluding tert-OH is 1. The molecule has 0 aromatic heterocycles. The lowest BCUT2D eigenvalue weighted by atomic mass is 9.99. The second-order valence-corrected chi connectivity index (χ2v) is 7.00. The number of aliphatic hydroxyl groups is 1. The van der Waals surface area contributed by atoms with Crippen LogP contribution in [0.2, 0.25) is 0 Å². The molecule has 2 rings (SSSR count). The number of ether oxygens (including phenoxy) is 1. The molecule has 1 saturated heterocycles. The lowest BCUT2D eigenvalue weighted by Crippen LogP contribution is -2.60. The summed E-state index contributed by atoms with van der Waals surface area (Å²) in [7, 11) is 0. The number of rotatable bonds is 5. The molecule has 2 fully saturated rings. The predicted molar refractivity (Wildman–Crippen MR) is 72.7 cm³/mol. The molecule has 2 unspecified atom stereocenters. The van der Waals surface area contributed by atoms with Crippen LogP contribution in [0.5, 0.6) is 0 Å². The summed E-state index contributed by atoms with van der Waals surface area (Å²) in [5.74, 6) is 0. The molecule has 2 aliphatic rings. The molecule has 0 spiro atoms. The average Bonchev–Trinajstić information content (AvgIpc) is 2.97. The first-order valence-corrected chi connectivity index (χ1v) is 7.11. The number of morpholine rings is 1. The fourth-order valence-corrected chi connectivity index (χ4v) is 3.06. The molecule has 0 bridgehead atoms. The quantitative estimate of drug-likeness (QED) is 0.770. The summed E-state index contributed by atoms with van der Waals surface area (Å²) in [5.41, 5.74) is -0.276. The van der Waals surface area contributed by atoms with Crippen molar-refractivity contribution in [3.63, 3.8) is 0 Å². The van der Waals surface area contributed by atoms with Crippen LogP contribution in [0.3, 0.4) is 0 Å². The molecule has 106 valence electrons. The second kappa shape index (κ2) is 5.08. The van der Waals surface area contributed by atoms with E-state index in [1.54, 1.807) is 0 Å². The van der Waals surface area contributed by atoms with Crippen molar-refractivity contribution in [1.82, 2.24) is 10.2 Å². The Hall–Kier alpha value is -0.160. The van der Waals surface area contributed by atoms with E-state index >= 15 is 0 Å². The van der Waals surface area contributed by atoms with Crippen molar-refractivity contribution in [2.45, 2.75) is 63.8 Å². The van der Waals surface area contributed by atoms with Gasteiger partial charge >= 0.3 is 0 Å². The van der Waals surface area contributed by atoms with Crippen LogP contribution in [-0.4, -0.2) is 59.5 Å². The van der Waals surface area contributed by atoms with Gasteiger partial charge in [0, 0.05) is 25.7 Å². The smallest absolute Gasteiger partial charge is 0.0757 e. The molecule has 0 aromatic rings. The number of nitrogens with zero attached hydrogens (tertiary/aromatic N) is 1. The van der Waals surface area contributed by atoms with E-state index in [-0.39, 0.29) is 23.9 Å². The second-order valence-electron chi connectivity index (χ2n) is 7.00. The Labute approximate surface area is 111 Å². The van der Waals surface area contributed by atoms with Crippen molar-refractivity contribution in [3.05, 3.63) is 0 Å². The van der Waals surface area contributed by atoms with Crippen LogP contribution in [0.1, 0.15) is 40.5 Å². The van der Waals surface area contributed by atoms with Crippen LogP contribution in [0.15, 0.2) is 0 Å². The van der Waals surface area contributed by atoms with Crippen LogP contribution >= 0.6 is 0 Å². The summed E-state index contributed by atoms with van der Waals surface area (Å²) in [5, 5.41) is 13.2. The van der Waals surface area contributed by atoms with Gasteiger partial charge in [-0.25, -0.2) is 0 Å². The number of hydrogen-bond donors (Lipinski definition) is 2. The van der Waals surface area contributed by atoms with Crippen molar-refractivity contribution in [2.75, 3.05) is 26.2 Å². The van der Waals surface area contributed by atoms with E-state index in [1.165, 1.54) is 12.8 Å². The van der Waals surface area contributed by atoms with E-state index in [1.807, 2.05) is 0 Å². The lowest BCUT2D eigenvalue weighted by Gasteiger charge is -2.45. The molecule has 1 aliphatic carbocycles. The van der Waals surface area contributed by atoms with Gasteiger partial charge < -0.3 is 15.2 Å². The van der Waals surface area contributed by atoms with Gasteiger partial charge in [0.15, 0.2) is 0 Å². The Bertz CT molecular complexity index is 292. The standard InChI is InChI=1S/C14H28N2O2/c1-11-7-16(8-13(2,3)18-11)9-14(4,10-17)15-12-5-6-12/h11-12,15,17H,5-10H2,1-4H3. The minimum Gasteiger partial charge on any atom is -0.394 e. The first kappa shape index (κ1) is 14.3. The normalized spacial score (nSPS) is 32.2. The minimum absolute atomic E-state index is 0.0897. The molecular formula is C14H28N2O2. The van der Waals surface area contributed by atoms with Gasteiger partial charge in [0.05, 0.1) is 23.9 Å². The van der Waals surface area contributed by atoms with E-state index in [2.05, 4.69) is 37.9 Å². The van der Waals surface area contributed by atoms with E-state index in [0.717, 1.165) is 19.6 Å². The van der Waals surface area contributed by atoms with Crippen LogP contribution in [0, 0.1) is 0 Å².